The van der Waals surface area contributed by atoms with E-state index in [2.05, 4.69) is 17.4 Å². The van der Waals surface area contributed by atoms with E-state index in [0.29, 0.717) is 23.1 Å². The number of rotatable bonds is 8. The lowest BCUT2D eigenvalue weighted by Gasteiger charge is -2.14. The van der Waals surface area contributed by atoms with Crippen LogP contribution in [0.4, 0.5) is 0 Å². The fourth-order valence-electron chi connectivity index (χ4n) is 2.73. The molecule has 0 aliphatic carbocycles. The van der Waals surface area contributed by atoms with Gasteiger partial charge in [0.25, 0.3) is 0 Å². The van der Waals surface area contributed by atoms with Gasteiger partial charge in [-0.2, -0.15) is 0 Å². The van der Waals surface area contributed by atoms with Crippen LogP contribution in [-0.4, -0.2) is 18.6 Å². The van der Waals surface area contributed by atoms with Gasteiger partial charge in [0.15, 0.2) is 11.5 Å². The highest BCUT2D eigenvalue weighted by molar-refractivity contribution is 7.80. The van der Waals surface area contributed by atoms with Crippen molar-refractivity contribution in [1.29, 1.82) is 0 Å². The molecule has 0 radical (unpaired) electrons. The van der Waals surface area contributed by atoms with Gasteiger partial charge in [-0.25, -0.2) is 0 Å². The molecule has 138 valence electrons. The molecule has 0 saturated heterocycles. The van der Waals surface area contributed by atoms with Gasteiger partial charge in [0.2, 0.25) is 0 Å². The van der Waals surface area contributed by atoms with E-state index in [1.54, 1.807) is 7.11 Å². The Kier molecular flexibility index (Phi) is 6.83. The normalized spacial score (nSPS) is 10.3. The minimum atomic E-state index is 0.496. The van der Waals surface area contributed by atoms with Crippen LogP contribution in [0, 0.1) is 0 Å². The third-order valence-corrected chi connectivity index (χ3v) is 4.59. The van der Waals surface area contributed by atoms with Crippen molar-refractivity contribution in [2.24, 2.45) is 0 Å². The molecular formula is C23H23NO2S. The molecule has 0 aliphatic rings. The summed E-state index contributed by atoms with van der Waals surface area (Å²) in [5.74, 6) is 1.38. The second-order valence-electron chi connectivity index (χ2n) is 6.13. The monoisotopic (exact) mass is 377 g/mol. The van der Waals surface area contributed by atoms with Crippen molar-refractivity contribution in [3.63, 3.8) is 0 Å². The Morgan fingerprint density at radius 2 is 1.52 bits per heavy atom. The number of benzene rings is 3. The van der Waals surface area contributed by atoms with Gasteiger partial charge in [-0.1, -0.05) is 72.9 Å². The lowest BCUT2D eigenvalue weighted by Crippen LogP contribution is -2.24. The molecule has 4 heteroatoms. The largest absolute Gasteiger partial charge is 0.493 e. The van der Waals surface area contributed by atoms with Gasteiger partial charge >= 0.3 is 0 Å². The van der Waals surface area contributed by atoms with E-state index in [0.717, 1.165) is 24.1 Å². The highest BCUT2D eigenvalue weighted by atomic mass is 32.1. The van der Waals surface area contributed by atoms with Gasteiger partial charge in [0.05, 0.1) is 7.11 Å². The summed E-state index contributed by atoms with van der Waals surface area (Å²) in [5, 5.41) is 3.31. The maximum atomic E-state index is 5.90. The van der Waals surface area contributed by atoms with Crippen LogP contribution in [0.2, 0.25) is 0 Å². The Hall–Kier alpha value is -2.85. The molecule has 0 saturated carbocycles. The number of ether oxygens (including phenoxy) is 2. The van der Waals surface area contributed by atoms with Gasteiger partial charge in [-0.05, 0) is 35.7 Å². The van der Waals surface area contributed by atoms with Gasteiger partial charge in [0, 0.05) is 12.1 Å². The molecule has 0 fully saturated rings. The number of thiocarbonyl (C=S) groups is 1. The van der Waals surface area contributed by atoms with Crippen molar-refractivity contribution >= 4 is 17.2 Å². The van der Waals surface area contributed by atoms with Crippen molar-refractivity contribution in [2.75, 3.05) is 13.7 Å². The maximum Gasteiger partial charge on any atom is 0.161 e. The number of hydrogen-bond donors (Lipinski definition) is 1. The zero-order chi connectivity index (χ0) is 18.9. The molecule has 0 aliphatic heterocycles. The van der Waals surface area contributed by atoms with E-state index in [9.17, 15) is 0 Å². The van der Waals surface area contributed by atoms with Crippen LogP contribution in [0.25, 0.3) is 0 Å². The van der Waals surface area contributed by atoms with Crippen LogP contribution >= 0.6 is 12.2 Å². The van der Waals surface area contributed by atoms with Crippen molar-refractivity contribution in [1.82, 2.24) is 5.32 Å². The Labute approximate surface area is 166 Å². The molecule has 3 rings (SSSR count). The lowest BCUT2D eigenvalue weighted by molar-refractivity contribution is 0.284. The van der Waals surface area contributed by atoms with Crippen LogP contribution in [0.3, 0.4) is 0 Å². The zero-order valence-corrected chi connectivity index (χ0v) is 16.2. The minimum Gasteiger partial charge on any atom is -0.493 e. The fourth-order valence-corrected chi connectivity index (χ4v) is 2.96. The topological polar surface area (TPSA) is 30.5 Å². The number of hydrogen-bond acceptors (Lipinski definition) is 3. The highest BCUT2D eigenvalue weighted by Crippen LogP contribution is 2.29. The smallest absolute Gasteiger partial charge is 0.161 e. The van der Waals surface area contributed by atoms with Crippen molar-refractivity contribution in [2.45, 2.75) is 13.0 Å². The van der Waals surface area contributed by atoms with Crippen LogP contribution in [0.5, 0.6) is 11.5 Å². The predicted octanol–water partition coefficient (Wildman–Crippen LogP) is 4.78. The number of nitrogens with one attached hydrogen (secondary N) is 1. The molecule has 0 amide bonds. The summed E-state index contributed by atoms with van der Waals surface area (Å²) in [5.41, 5.74) is 3.32. The molecule has 0 atom stereocenters. The van der Waals surface area contributed by atoms with Crippen LogP contribution in [0.1, 0.15) is 16.7 Å². The van der Waals surface area contributed by atoms with Crippen LogP contribution in [-0.2, 0) is 13.0 Å². The molecule has 0 heterocycles. The first-order valence-corrected chi connectivity index (χ1v) is 9.34. The quantitative estimate of drug-likeness (QED) is 0.572. The molecular weight excluding hydrogens is 354 g/mol. The first-order valence-electron chi connectivity index (χ1n) is 8.93. The lowest BCUT2D eigenvalue weighted by atomic mass is 10.1. The second-order valence-corrected chi connectivity index (χ2v) is 6.54. The summed E-state index contributed by atoms with van der Waals surface area (Å²) >= 11 is 5.52. The predicted molar refractivity (Wildman–Crippen MR) is 114 cm³/mol. The molecule has 0 spiro atoms. The summed E-state index contributed by atoms with van der Waals surface area (Å²) in [6, 6.07) is 26.2. The highest BCUT2D eigenvalue weighted by Gasteiger charge is 2.09. The third kappa shape index (κ3) is 5.56. The van der Waals surface area contributed by atoms with Gasteiger partial charge in [-0.15, -0.1) is 0 Å². The molecule has 3 aromatic carbocycles. The SMILES string of the molecule is COc1cc(C(=S)NCCc2ccccc2)ccc1OCc1ccccc1. The summed E-state index contributed by atoms with van der Waals surface area (Å²) in [4.78, 5) is 0.707. The third-order valence-electron chi connectivity index (χ3n) is 4.21. The average Bonchev–Trinajstić information content (AvgIpc) is 2.73. The van der Waals surface area contributed by atoms with E-state index in [-0.39, 0.29) is 0 Å². The summed E-state index contributed by atoms with van der Waals surface area (Å²) in [6.07, 6.45) is 0.927. The molecule has 0 unspecified atom stereocenters. The first kappa shape index (κ1) is 18.9. The standard InChI is InChI=1S/C23H23NO2S/c1-25-22-16-20(23(27)24-15-14-18-8-4-2-5-9-18)12-13-21(22)26-17-19-10-6-3-7-11-19/h2-13,16H,14-15,17H2,1H3,(H,24,27). The Morgan fingerprint density at radius 3 is 2.19 bits per heavy atom. The molecule has 0 aromatic heterocycles. The maximum absolute atomic E-state index is 5.90. The average molecular weight is 378 g/mol. The summed E-state index contributed by atoms with van der Waals surface area (Å²) < 4.78 is 11.4. The van der Waals surface area contributed by atoms with Gasteiger partial charge < -0.3 is 14.8 Å². The van der Waals surface area contributed by atoms with Crippen LogP contribution in [0.15, 0.2) is 78.9 Å². The van der Waals surface area contributed by atoms with Crippen LogP contribution < -0.4 is 14.8 Å². The van der Waals surface area contributed by atoms with E-state index in [4.69, 9.17) is 21.7 Å². The molecule has 3 aromatic rings. The Balaban J connectivity index is 1.58. The van der Waals surface area contributed by atoms with E-state index in [1.807, 2.05) is 66.7 Å². The van der Waals surface area contributed by atoms with E-state index >= 15 is 0 Å². The van der Waals surface area contributed by atoms with E-state index in [1.165, 1.54) is 5.56 Å². The second kappa shape index (κ2) is 9.74. The summed E-state index contributed by atoms with van der Waals surface area (Å²) in [6.45, 7) is 1.29. The molecule has 1 N–H and O–H groups in total. The zero-order valence-electron chi connectivity index (χ0n) is 15.4. The van der Waals surface area contributed by atoms with E-state index < -0.39 is 0 Å². The molecule has 27 heavy (non-hydrogen) atoms. The number of methoxy groups -OCH3 is 1. The van der Waals surface area contributed by atoms with Crippen molar-refractivity contribution in [3.05, 3.63) is 95.6 Å². The Morgan fingerprint density at radius 1 is 0.852 bits per heavy atom. The van der Waals surface area contributed by atoms with Crippen molar-refractivity contribution < 1.29 is 9.47 Å². The molecule has 0 bridgehead atoms. The summed E-state index contributed by atoms with van der Waals surface area (Å²) in [7, 11) is 1.64. The fraction of sp³-hybridized carbons (Fsp3) is 0.174. The minimum absolute atomic E-state index is 0.496. The van der Waals surface area contributed by atoms with Gasteiger partial charge in [-0.3, -0.25) is 0 Å². The van der Waals surface area contributed by atoms with Gasteiger partial charge in [0.1, 0.15) is 11.6 Å². The first-order chi connectivity index (χ1) is 13.3. The molecule has 3 nitrogen and oxygen atoms in total. The Bertz CT molecular complexity index is 866. The van der Waals surface area contributed by atoms with Crippen molar-refractivity contribution in [3.8, 4) is 11.5 Å².